The van der Waals surface area contributed by atoms with Crippen LogP contribution in [0.25, 0.3) is 0 Å². The molecule has 0 amide bonds. The Kier molecular flexibility index (Phi) is 5.73. The van der Waals surface area contributed by atoms with E-state index in [1.54, 1.807) is 7.11 Å². The second kappa shape index (κ2) is 8.58. The number of benzene rings is 2. The first-order valence-corrected chi connectivity index (χ1v) is 9.95. The van der Waals surface area contributed by atoms with Gasteiger partial charge in [0.05, 0.1) is 39.7 Å². The van der Waals surface area contributed by atoms with E-state index in [9.17, 15) is 0 Å². The summed E-state index contributed by atoms with van der Waals surface area (Å²) in [6.07, 6.45) is 0.665. The van der Waals surface area contributed by atoms with Crippen LogP contribution in [0, 0.1) is 4.84 Å². The highest BCUT2D eigenvalue weighted by Crippen LogP contribution is 2.19. The molecule has 3 aromatic rings. The summed E-state index contributed by atoms with van der Waals surface area (Å²) in [6, 6.07) is 18.5. The number of anilines is 1. The third-order valence-corrected chi connectivity index (χ3v) is 5.42. The molecule has 1 saturated heterocycles. The lowest BCUT2D eigenvalue weighted by Gasteiger charge is -2.33. The van der Waals surface area contributed by atoms with Crippen LogP contribution in [-0.2, 0) is 13.1 Å². The van der Waals surface area contributed by atoms with Gasteiger partial charge in [0.15, 0.2) is 6.67 Å². The maximum atomic E-state index is 5.70. The SMILES string of the molecule is COc1ccc(N2CC[NH+](Cn3nc(Cc4ccccc4)oc3=S)CC2)cc1. The molecule has 1 aliphatic heterocycles. The zero-order chi connectivity index (χ0) is 19.3. The predicted octanol–water partition coefficient (Wildman–Crippen LogP) is 2.17. The van der Waals surface area contributed by atoms with Gasteiger partial charge in [-0.05, 0) is 42.0 Å². The van der Waals surface area contributed by atoms with Crippen LogP contribution in [0.5, 0.6) is 5.75 Å². The Morgan fingerprint density at radius 1 is 1.07 bits per heavy atom. The highest BCUT2D eigenvalue weighted by atomic mass is 32.1. The standard InChI is InChI=1S/C21H24N4O2S/c1-26-19-9-7-18(8-10-19)24-13-11-23(12-14-24)16-25-21(28)27-20(22-25)15-17-5-3-2-4-6-17/h2-10H,11-16H2,1H3/p+1. The molecule has 1 aromatic heterocycles. The van der Waals surface area contributed by atoms with Crippen molar-refractivity contribution in [2.24, 2.45) is 0 Å². The molecule has 28 heavy (non-hydrogen) atoms. The summed E-state index contributed by atoms with van der Waals surface area (Å²) < 4.78 is 12.8. The number of hydrogen-bond acceptors (Lipinski definition) is 5. The van der Waals surface area contributed by atoms with Crippen molar-refractivity contribution in [2.75, 3.05) is 38.2 Å². The van der Waals surface area contributed by atoms with Gasteiger partial charge in [-0.25, -0.2) is 0 Å². The second-order valence-corrected chi connectivity index (χ2v) is 7.37. The first-order valence-electron chi connectivity index (χ1n) is 9.54. The van der Waals surface area contributed by atoms with E-state index >= 15 is 0 Å². The molecule has 0 radical (unpaired) electrons. The molecule has 0 bridgehead atoms. The lowest BCUT2D eigenvalue weighted by atomic mass is 10.2. The Hall–Kier alpha value is -2.64. The lowest BCUT2D eigenvalue weighted by molar-refractivity contribution is -0.924. The largest absolute Gasteiger partial charge is 0.497 e. The van der Waals surface area contributed by atoms with Crippen molar-refractivity contribution in [2.45, 2.75) is 13.1 Å². The van der Waals surface area contributed by atoms with Gasteiger partial charge in [0.1, 0.15) is 5.75 Å². The molecule has 2 aromatic carbocycles. The van der Waals surface area contributed by atoms with E-state index < -0.39 is 0 Å². The predicted molar refractivity (Wildman–Crippen MR) is 110 cm³/mol. The van der Waals surface area contributed by atoms with Crippen LogP contribution < -0.4 is 14.5 Å². The number of rotatable bonds is 6. The van der Waals surface area contributed by atoms with Crippen molar-refractivity contribution in [1.82, 2.24) is 9.78 Å². The number of methoxy groups -OCH3 is 1. The number of nitrogens with zero attached hydrogens (tertiary/aromatic N) is 3. The molecule has 0 saturated carbocycles. The van der Waals surface area contributed by atoms with Gasteiger partial charge in [-0.1, -0.05) is 30.3 Å². The minimum atomic E-state index is 0.455. The van der Waals surface area contributed by atoms with Crippen LogP contribution in [-0.4, -0.2) is 43.1 Å². The minimum Gasteiger partial charge on any atom is -0.497 e. The van der Waals surface area contributed by atoms with Crippen molar-refractivity contribution in [3.8, 4) is 5.75 Å². The number of nitrogens with one attached hydrogen (secondary N) is 1. The Morgan fingerprint density at radius 3 is 2.46 bits per heavy atom. The second-order valence-electron chi connectivity index (χ2n) is 7.02. The number of hydrogen-bond donors (Lipinski definition) is 1. The number of piperazine rings is 1. The van der Waals surface area contributed by atoms with E-state index in [-0.39, 0.29) is 0 Å². The van der Waals surface area contributed by atoms with Gasteiger partial charge in [0.2, 0.25) is 5.89 Å². The van der Waals surface area contributed by atoms with Crippen LogP contribution >= 0.6 is 12.2 Å². The van der Waals surface area contributed by atoms with Gasteiger partial charge >= 0.3 is 0 Å². The quantitative estimate of drug-likeness (QED) is 0.646. The van der Waals surface area contributed by atoms with E-state index in [2.05, 4.69) is 34.3 Å². The first kappa shape index (κ1) is 18.7. The lowest BCUT2D eigenvalue weighted by Crippen LogP contribution is -3.14. The smallest absolute Gasteiger partial charge is 0.291 e. The molecule has 1 aliphatic rings. The zero-order valence-electron chi connectivity index (χ0n) is 16.0. The Labute approximate surface area is 169 Å². The average Bonchev–Trinajstić information content (AvgIpc) is 3.08. The fraction of sp³-hybridized carbons (Fsp3) is 0.333. The average molecular weight is 398 g/mol. The molecule has 0 spiro atoms. The maximum Gasteiger partial charge on any atom is 0.291 e. The molecule has 1 fully saturated rings. The summed E-state index contributed by atoms with van der Waals surface area (Å²) in [5.41, 5.74) is 2.41. The Balaban J connectivity index is 1.34. The summed E-state index contributed by atoms with van der Waals surface area (Å²) in [5.74, 6) is 1.56. The molecule has 0 aliphatic carbocycles. The first-order chi connectivity index (χ1) is 13.7. The number of ether oxygens (including phenoxy) is 1. The zero-order valence-corrected chi connectivity index (χ0v) is 16.8. The molecule has 4 rings (SSSR count). The molecule has 0 atom stereocenters. The van der Waals surface area contributed by atoms with Crippen LogP contribution in [0.1, 0.15) is 11.5 Å². The third kappa shape index (κ3) is 4.43. The molecule has 146 valence electrons. The summed E-state index contributed by atoms with van der Waals surface area (Å²) >= 11 is 5.38. The van der Waals surface area contributed by atoms with Gasteiger partial charge in [-0.3, -0.25) is 0 Å². The normalized spacial score (nSPS) is 15.0. The molecule has 0 unspecified atom stereocenters. The number of aromatic nitrogens is 2. The molecular weight excluding hydrogens is 372 g/mol. The van der Waals surface area contributed by atoms with E-state index in [4.69, 9.17) is 21.4 Å². The maximum absolute atomic E-state index is 5.70. The molecule has 7 heteroatoms. The molecule has 1 N–H and O–H groups in total. The van der Waals surface area contributed by atoms with E-state index in [1.165, 1.54) is 16.2 Å². The molecular formula is C21H25N4O2S+. The van der Waals surface area contributed by atoms with Crippen molar-refractivity contribution >= 4 is 17.9 Å². The summed E-state index contributed by atoms with van der Waals surface area (Å²) in [4.78, 5) is 4.32. The minimum absolute atomic E-state index is 0.455. The highest BCUT2D eigenvalue weighted by molar-refractivity contribution is 7.71. The topological polar surface area (TPSA) is 47.9 Å². The van der Waals surface area contributed by atoms with Gasteiger partial charge in [-0.15, -0.1) is 5.10 Å². The highest BCUT2D eigenvalue weighted by Gasteiger charge is 2.21. The van der Waals surface area contributed by atoms with E-state index in [0.717, 1.165) is 38.6 Å². The van der Waals surface area contributed by atoms with Crippen LogP contribution in [0.3, 0.4) is 0 Å². The van der Waals surface area contributed by atoms with Crippen molar-refractivity contribution in [3.05, 3.63) is 70.9 Å². The third-order valence-electron chi connectivity index (χ3n) is 5.13. The van der Waals surface area contributed by atoms with Gasteiger partial charge in [0.25, 0.3) is 4.84 Å². The van der Waals surface area contributed by atoms with Crippen LogP contribution in [0.4, 0.5) is 5.69 Å². The van der Waals surface area contributed by atoms with E-state index in [1.807, 2.05) is 35.0 Å². The van der Waals surface area contributed by atoms with Gasteiger partial charge in [0, 0.05) is 5.69 Å². The van der Waals surface area contributed by atoms with Crippen molar-refractivity contribution < 1.29 is 14.1 Å². The van der Waals surface area contributed by atoms with Crippen molar-refractivity contribution in [3.63, 3.8) is 0 Å². The van der Waals surface area contributed by atoms with Crippen LogP contribution in [0.2, 0.25) is 0 Å². The Morgan fingerprint density at radius 2 is 1.79 bits per heavy atom. The molecule has 6 nitrogen and oxygen atoms in total. The summed E-state index contributed by atoms with van der Waals surface area (Å²) in [7, 11) is 1.69. The van der Waals surface area contributed by atoms with Gasteiger partial charge < -0.3 is 19.0 Å². The fourth-order valence-corrected chi connectivity index (χ4v) is 3.74. The van der Waals surface area contributed by atoms with Crippen LogP contribution in [0.15, 0.2) is 59.0 Å². The number of quaternary nitrogens is 1. The van der Waals surface area contributed by atoms with E-state index in [0.29, 0.717) is 17.1 Å². The van der Waals surface area contributed by atoms with Crippen molar-refractivity contribution in [1.29, 1.82) is 0 Å². The summed E-state index contributed by atoms with van der Waals surface area (Å²) in [5, 5.41) is 4.59. The molecule has 2 heterocycles. The van der Waals surface area contributed by atoms with Gasteiger partial charge in [-0.2, -0.15) is 4.68 Å². The Bertz CT molecular complexity index is 945. The summed E-state index contributed by atoms with van der Waals surface area (Å²) in [6.45, 7) is 4.82. The fourth-order valence-electron chi connectivity index (χ4n) is 3.54. The monoisotopic (exact) mass is 397 g/mol.